The van der Waals surface area contributed by atoms with E-state index in [1.165, 1.54) is 11.5 Å². The Labute approximate surface area is 123 Å². The highest BCUT2D eigenvalue weighted by molar-refractivity contribution is 7.03. The third kappa shape index (κ3) is 2.65. The molecule has 0 saturated heterocycles. The smallest absolute Gasteiger partial charge is 0.279 e. The number of fused-ring (bicyclic) bond motifs is 1. The first-order valence-corrected chi connectivity index (χ1v) is 6.85. The van der Waals surface area contributed by atoms with Crippen molar-refractivity contribution in [3.63, 3.8) is 0 Å². The van der Waals surface area contributed by atoms with E-state index in [0.717, 1.165) is 5.69 Å². The Balaban J connectivity index is 2.09. The van der Waals surface area contributed by atoms with Crippen LogP contribution in [0.5, 0.6) is 5.88 Å². The van der Waals surface area contributed by atoms with Crippen LogP contribution < -0.4 is 9.54 Å². The summed E-state index contributed by atoms with van der Waals surface area (Å²) in [5.41, 5.74) is 1.24. The molecule has 3 heterocycles. The predicted molar refractivity (Wildman–Crippen MR) is 76.3 cm³/mol. The molecule has 7 nitrogen and oxygen atoms in total. The van der Waals surface area contributed by atoms with Gasteiger partial charge < -0.3 is 4.74 Å². The molecule has 0 aliphatic carbocycles. The Morgan fingerprint density at radius 3 is 2.81 bits per heavy atom. The van der Waals surface area contributed by atoms with Gasteiger partial charge in [-0.05, 0) is 30.6 Å². The molecule has 1 amide bonds. The Morgan fingerprint density at radius 1 is 1.33 bits per heavy atom. The maximum atomic E-state index is 12.0. The third-order valence-electron chi connectivity index (χ3n) is 2.69. The van der Waals surface area contributed by atoms with Crippen molar-refractivity contribution in [3.8, 4) is 5.88 Å². The number of aromatic nitrogens is 4. The van der Waals surface area contributed by atoms with E-state index in [1.54, 1.807) is 41.5 Å². The zero-order valence-corrected chi connectivity index (χ0v) is 12.2. The molecular formula is C13H11N5O2S. The van der Waals surface area contributed by atoms with Crippen molar-refractivity contribution in [2.24, 2.45) is 4.99 Å². The maximum Gasteiger partial charge on any atom is 0.279 e. The Hall–Kier alpha value is -2.61. The van der Waals surface area contributed by atoms with Crippen molar-refractivity contribution < 1.29 is 9.53 Å². The predicted octanol–water partition coefficient (Wildman–Crippen LogP) is 1.24. The summed E-state index contributed by atoms with van der Waals surface area (Å²) >= 11 is 1.20. The van der Waals surface area contributed by atoms with Crippen LogP contribution in [-0.2, 0) is 0 Å². The molecule has 8 heteroatoms. The number of carbonyl (C=O) groups is 1. The van der Waals surface area contributed by atoms with Crippen molar-refractivity contribution in [2.45, 2.75) is 6.92 Å². The van der Waals surface area contributed by atoms with Crippen LogP contribution in [0.2, 0.25) is 0 Å². The van der Waals surface area contributed by atoms with Gasteiger partial charge in [-0.15, -0.1) is 0 Å². The van der Waals surface area contributed by atoms with Gasteiger partial charge in [0.25, 0.3) is 5.91 Å². The number of rotatable bonds is 2. The number of hydrogen-bond acceptors (Lipinski definition) is 6. The molecule has 21 heavy (non-hydrogen) atoms. The molecule has 0 saturated carbocycles. The lowest BCUT2D eigenvalue weighted by molar-refractivity contribution is 0.0998. The van der Waals surface area contributed by atoms with Crippen LogP contribution in [0.4, 0.5) is 0 Å². The molecular weight excluding hydrogens is 290 g/mol. The number of carbonyl (C=O) groups excluding carboxylic acids is 1. The molecule has 0 unspecified atom stereocenters. The topological polar surface area (TPSA) is 81.7 Å². The second kappa shape index (κ2) is 5.41. The van der Waals surface area contributed by atoms with Gasteiger partial charge in [-0.2, -0.15) is 13.8 Å². The minimum atomic E-state index is -0.368. The van der Waals surface area contributed by atoms with E-state index in [9.17, 15) is 4.79 Å². The lowest BCUT2D eigenvalue weighted by Crippen LogP contribution is -2.05. The summed E-state index contributed by atoms with van der Waals surface area (Å²) < 4.78 is 6.96. The lowest BCUT2D eigenvalue weighted by atomic mass is 10.3. The molecule has 0 aliphatic heterocycles. The molecule has 0 bridgehead atoms. The van der Waals surface area contributed by atoms with E-state index >= 15 is 0 Å². The molecule has 3 rings (SSSR count). The first-order valence-electron chi connectivity index (χ1n) is 6.08. The molecule has 0 N–H and O–H groups in total. The van der Waals surface area contributed by atoms with E-state index in [4.69, 9.17) is 4.74 Å². The average molecular weight is 301 g/mol. The Bertz CT molecular complexity index is 869. The van der Waals surface area contributed by atoms with Crippen LogP contribution >= 0.6 is 11.5 Å². The molecule has 3 aromatic heterocycles. The van der Waals surface area contributed by atoms with E-state index in [0.29, 0.717) is 22.0 Å². The number of hydrogen-bond donors (Lipinski definition) is 0. The number of amides is 1. The van der Waals surface area contributed by atoms with Crippen molar-refractivity contribution in [1.29, 1.82) is 0 Å². The number of pyridine rings is 1. The van der Waals surface area contributed by atoms with Gasteiger partial charge in [0.1, 0.15) is 0 Å². The Morgan fingerprint density at radius 2 is 2.10 bits per heavy atom. The molecule has 3 aromatic rings. The summed E-state index contributed by atoms with van der Waals surface area (Å²) in [4.78, 5) is 28.7. The molecule has 0 atom stereocenters. The van der Waals surface area contributed by atoms with E-state index in [2.05, 4.69) is 19.9 Å². The van der Waals surface area contributed by atoms with Crippen LogP contribution in [0.15, 0.2) is 35.6 Å². The third-order valence-corrected chi connectivity index (χ3v) is 3.56. The van der Waals surface area contributed by atoms with Gasteiger partial charge in [-0.25, -0.2) is 4.98 Å². The summed E-state index contributed by atoms with van der Waals surface area (Å²) in [7, 11) is 1.57. The summed E-state index contributed by atoms with van der Waals surface area (Å²) in [6, 6.07) is 5.00. The highest BCUT2D eigenvalue weighted by atomic mass is 32.1. The van der Waals surface area contributed by atoms with Crippen LogP contribution in [-0.4, -0.2) is 31.8 Å². The highest BCUT2D eigenvalue weighted by Crippen LogP contribution is 2.14. The maximum absolute atomic E-state index is 12.0. The van der Waals surface area contributed by atoms with Gasteiger partial charge in [-0.1, -0.05) is 0 Å². The minimum Gasteiger partial charge on any atom is -0.481 e. The van der Waals surface area contributed by atoms with Gasteiger partial charge in [0.05, 0.1) is 7.11 Å². The molecule has 0 aromatic carbocycles. The SMILES string of the molecule is COc1cc(C)nc2nc(=NC(=O)c3ccncc3)sn12. The van der Waals surface area contributed by atoms with Crippen molar-refractivity contribution in [3.05, 3.63) is 46.7 Å². The summed E-state index contributed by atoms with van der Waals surface area (Å²) in [5, 5.41) is 0. The van der Waals surface area contributed by atoms with Crippen molar-refractivity contribution in [2.75, 3.05) is 7.11 Å². The van der Waals surface area contributed by atoms with Gasteiger partial charge in [-0.3, -0.25) is 9.78 Å². The first-order chi connectivity index (χ1) is 10.2. The van der Waals surface area contributed by atoms with Crippen LogP contribution in [0.1, 0.15) is 16.1 Å². The number of ether oxygens (including phenoxy) is 1. The first kappa shape index (κ1) is 13.4. The summed E-state index contributed by atoms with van der Waals surface area (Å²) in [6.45, 7) is 1.85. The Kier molecular flexibility index (Phi) is 3.44. The standard InChI is InChI=1S/C13H11N5O2S/c1-8-7-10(20-2)18-12(15-8)17-13(21-18)16-11(19)9-3-5-14-6-4-9/h3-7H,1-2H3. The van der Waals surface area contributed by atoms with Gasteiger partial charge in [0, 0.05) is 29.7 Å². The van der Waals surface area contributed by atoms with Gasteiger partial charge in [0.2, 0.25) is 16.5 Å². The summed E-state index contributed by atoms with van der Waals surface area (Å²) in [6.07, 6.45) is 3.09. The van der Waals surface area contributed by atoms with Gasteiger partial charge in [0.15, 0.2) is 0 Å². The molecule has 0 radical (unpaired) electrons. The number of nitrogens with zero attached hydrogens (tertiary/aromatic N) is 5. The van der Waals surface area contributed by atoms with Crippen molar-refractivity contribution in [1.82, 2.24) is 18.7 Å². The zero-order chi connectivity index (χ0) is 14.8. The fraction of sp³-hybridized carbons (Fsp3) is 0.154. The summed E-state index contributed by atoms with van der Waals surface area (Å²) in [5.74, 6) is 0.693. The van der Waals surface area contributed by atoms with E-state index in [1.807, 2.05) is 6.92 Å². The number of methoxy groups -OCH3 is 1. The fourth-order valence-corrected chi connectivity index (χ4v) is 2.54. The van der Waals surface area contributed by atoms with E-state index < -0.39 is 0 Å². The molecule has 0 aliphatic rings. The average Bonchev–Trinajstić information content (AvgIpc) is 2.89. The molecule has 0 fully saturated rings. The lowest BCUT2D eigenvalue weighted by Gasteiger charge is -2.01. The normalized spacial score (nSPS) is 11.8. The zero-order valence-electron chi connectivity index (χ0n) is 11.3. The van der Waals surface area contributed by atoms with Crippen LogP contribution in [0.25, 0.3) is 5.78 Å². The fourth-order valence-electron chi connectivity index (χ4n) is 1.75. The quantitative estimate of drug-likeness (QED) is 0.711. The largest absolute Gasteiger partial charge is 0.481 e. The second-order valence-corrected chi connectivity index (χ2v) is 5.09. The van der Waals surface area contributed by atoms with Crippen LogP contribution in [0.3, 0.4) is 0 Å². The van der Waals surface area contributed by atoms with E-state index in [-0.39, 0.29) is 5.91 Å². The minimum absolute atomic E-state index is 0.327. The molecule has 0 spiro atoms. The highest BCUT2D eigenvalue weighted by Gasteiger charge is 2.09. The van der Waals surface area contributed by atoms with Gasteiger partial charge >= 0.3 is 0 Å². The monoisotopic (exact) mass is 301 g/mol. The molecule has 106 valence electrons. The number of aryl methyl sites for hydroxylation is 1. The van der Waals surface area contributed by atoms with Crippen molar-refractivity contribution >= 4 is 23.2 Å². The second-order valence-electron chi connectivity index (χ2n) is 4.17. The van der Waals surface area contributed by atoms with Crippen LogP contribution in [0, 0.1) is 6.92 Å².